The number of nitrogens with one attached hydrogen (secondary N) is 1. The van der Waals surface area contributed by atoms with E-state index in [2.05, 4.69) is 35.2 Å². The molecule has 3 heteroatoms. The Morgan fingerprint density at radius 2 is 2.29 bits per heavy atom. The van der Waals surface area contributed by atoms with Crippen molar-refractivity contribution in [3.8, 4) is 0 Å². The highest BCUT2D eigenvalue weighted by atomic mass is 15.1. The summed E-state index contributed by atoms with van der Waals surface area (Å²) in [5.41, 5.74) is 3.93. The van der Waals surface area contributed by atoms with E-state index in [0.717, 1.165) is 31.0 Å². The summed E-state index contributed by atoms with van der Waals surface area (Å²) in [4.78, 5) is 6.85. The molecule has 0 aromatic carbocycles. The zero-order chi connectivity index (χ0) is 10.1. The summed E-state index contributed by atoms with van der Waals surface area (Å²) in [5.74, 6) is 1.06. The van der Waals surface area contributed by atoms with Crippen LogP contribution in [-0.2, 0) is 13.0 Å². The van der Waals surface area contributed by atoms with Crippen molar-refractivity contribution >= 4 is 5.82 Å². The van der Waals surface area contributed by atoms with Crippen LogP contribution in [0.15, 0.2) is 6.07 Å². The highest BCUT2D eigenvalue weighted by Gasteiger charge is 2.17. The van der Waals surface area contributed by atoms with Gasteiger partial charge in [-0.25, -0.2) is 4.98 Å². The first-order valence-electron chi connectivity index (χ1n) is 5.06. The van der Waals surface area contributed by atoms with E-state index in [4.69, 9.17) is 0 Å². The Kier molecular flexibility index (Phi) is 2.42. The summed E-state index contributed by atoms with van der Waals surface area (Å²) in [6.45, 7) is 4.23. The molecule has 2 rings (SSSR count). The van der Waals surface area contributed by atoms with Crippen LogP contribution in [-0.4, -0.2) is 30.5 Å². The number of aryl methyl sites for hydroxylation is 1. The molecule has 76 valence electrons. The predicted molar refractivity (Wildman–Crippen MR) is 58.6 cm³/mol. The minimum absolute atomic E-state index is 1.05. The normalized spacial score (nSPS) is 16.5. The Morgan fingerprint density at radius 3 is 3.00 bits per heavy atom. The van der Waals surface area contributed by atoms with Crippen molar-refractivity contribution in [3.05, 3.63) is 22.9 Å². The van der Waals surface area contributed by atoms with E-state index in [1.54, 1.807) is 0 Å². The molecule has 1 aliphatic rings. The van der Waals surface area contributed by atoms with Gasteiger partial charge in [-0.2, -0.15) is 0 Å². The molecule has 0 spiro atoms. The summed E-state index contributed by atoms with van der Waals surface area (Å²) in [6, 6.07) is 2.20. The van der Waals surface area contributed by atoms with Crippen molar-refractivity contribution in [2.24, 2.45) is 0 Å². The van der Waals surface area contributed by atoms with Crippen LogP contribution in [0, 0.1) is 6.92 Å². The van der Waals surface area contributed by atoms with E-state index >= 15 is 0 Å². The van der Waals surface area contributed by atoms with Gasteiger partial charge in [0.25, 0.3) is 0 Å². The third-order valence-corrected chi connectivity index (χ3v) is 2.77. The number of anilines is 1. The molecule has 1 N–H and O–H groups in total. The summed E-state index contributed by atoms with van der Waals surface area (Å²) in [5, 5.41) is 3.18. The van der Waals surface area contributed by atoms with Gasteiger partial charge in [0, 0.05) is 31.4 Å². The molecule has 0 aliphatic carbocycles. The van der Waals surface area contributed by atoms with Crippen LogP contribution in [0.4, 0.5) is 5.82 Å². The van der Waals surface area contributed by atoms with Crippen LogP contribution < -0.4 is 5.32 Å². The number of fused-ring (bicyclic) bond motifs is 1. The van der Waals surface area contributed by atoms with Crippen molar-refractivity contribution in [1.29, 1.82) is 0 Å². The number of pyridine rings is 1. The fourth-order valence-electron chi connectivity index (χ4n) is 2.07. The first-order chi connectivity index (χ1) is 6.70. The number of hydrogen-bond donors (Lipinski definition) is 1. The third-order valence-electron chi connectivity index (χ3n) is 2.77. The van der Waals surface area contributed by atoms with Gasteiger partial charge in [0.15, 0.2) is 0 Å². The van der Waals surface area contributed by atoms with E-state index in [1.807, 2.05) is 7.05 Å². The molecule has 1 aromatic rings. The Bertz CT molecular complexity index is 347. The summed E-state index contributed by atoms with van der Waals surface area (Å²) < 4.78 is 0. The second-order valence-electron chi connectivity index (χ2n) is 3.99. The lowest BCUT2D eigenvalue weighted by molar-refractivity contribution is 0.313. The van der Waals surface area contributed by atoms with Gasteiger partial charge in [-0.3, -0.25) is 0 Å². The number of hydrogen-bond acceptors (Lipinski definition) is 3. The molecule has 0 bridgehead atoms. The van der Waals surface area contributed by atoms with E-state index in [1.165, 1.54) is 11.1 Å². The SMILES string of the molecule is CNc1nc(C)cc2c1CCN(C)C2. The molecule has 0 fully saturated rings. The van der Waals surface area contributed by atoms with Gasteiger partial charge in [-0.05, 0) is 32.0 Å². The quantitative estimate of drug-likeness (QED) is 0.727. The molecule has 14 heavy (non-hydrogen) atoms. The Balaban J connectivity index is 2.46. The smallest absolute Gasteiger partial charge is 0.129 e. The Morgan fingerprint density at radius 1 is 1.50 bits per heavy atom. The molecule has 2 heterocycles. The Labute approximate surface area is 85.1 Å². The Hall–Kier alpha value is -1.09. The van der Waals surface area contributed by atoms with Crippen LogP contribution in [0.3, 0.4) is 0 Å². The fraction of sp³-hybridized carbons (Fsp3) is 0.545. The molecule has 0 saturated carbocycles. The molecule has 0 amide bonds. The molecular weight excluding hydrogens is 174 g/mol. The number of likely N-dealkylation sites (N-methyl/N-ethyl adjacent to an activating group) is 1. The average molecular weight is 191 g/mol. The van der Waals surface area contributed by atoms with Crippen LogP contribution in [0.2, 0.25) is 0 Å². The lowest BCUT2D eigenvalue weighted by Gasteiger charge is -2.26. The molecule has 0 unspecified atom stereocenters. The van der Waals surface area contributed by atoms with Gasteiger partial charge in [0.1, 0.15) is 5.82 Å². The highest BCUT2D eigenvalue weighted by molar-refractivity contribution is 5.50. The first kappa shape index (κ1) is 9.46. The largest absolute Gasteiger partial charge is 0.373 e. The van der Waals surface area contributed by atoms with Crippen molar-refractivity contribution < 1.29 is 0 Å². The third kappa shape index (κ3) is 1.60. The molecule has 0 atom stereocenters. The van der Waals surface area contributed by atoms with Crippen molar-refractivity contribution in [2.45, 2.75) is 19.9 Å². The van der Waals surface area contributed by atoms with Gasteiger partial charge < -0.3 is 10.2 Å². The number of rotatable bonds is 1. The zero-order valence-electron chi connectivity index (χ0n) is 9.09. The maximum Gasteiger partial charge on any atom is 0.129 e. The van der Waals surface area contributed by atoms with Crippen LogP contribution in [0.1, 0.15) is 16.8 Å². The van der Waals surface area contributed by atoms with E-state index in [0.29, 0.717) is 0 Å². The van der Waals surface area contributed by atoms with Crippen molar-refractivity contribution in [1.82, 2.24) is 9.88 Å². The van der Waals surface area contributed by atoms with Crippen molar-refractivity contribution in [3.63, 3.8) is 0 Å². The van der Waals surface area contributed by atoms with E-state index in [9.17, 15) is 0 Å². The molecular formula is C11H17N3. The van der Waals surface area contributed by atoms with Gasteiger partial charge in [0.05, 0.1) is 0 Å². The summed E-state index contributed by atoms with van der Waals surface area (Å²) >= 11 is 0. The van der Waals surface area contributed by atoms with E-state index in [-0.39, 0.29) is 0 Å². The van der Waals surface area contributed by atoms with Crippen molar-refractivity contribution in [2.75, 3.05) is 26.0 Å². The zero-order valence-corrected chi connectivity index (χ0v) is 9.09. The molecule has 3 nitrogen and oxygen atoms in total. The highest BCUT2D eigenvalue weighted by Crippen LogP contribution is 2.24. The van der Waals surface area contributed by atoms with Gasteiger partial charge in [-0.1, -0.05) is 0 Å². The summed E-state index contributed by atoms with van der Waals surface area (Å²) in [6.07, 6.45) is 1.11. The average Bonchev–Trinajstić information content (AvgIpc) is 2.15. The molecule has 0 radical (unpaired) electrons. The van der Waals surface area contributed by atoms with Crippen LogP contribution in [0.5, 0.6) is 0 Å². The molecule has 1 aliphatic heterocycles. The lowest BCUT2D eigenvalue weighted by atomic mass is 10.0. The monoisotopic (exact) mass is 191 g/mol. The first-order valence-corrected chi connectivity index (χ1v) is 5.06. The fourth-order valence-corrected chi connectivity index (χ4v) is 2.07. The standard InChI is InChI=1S/C11H17N3/c1-8-6-9-7-14(3)5-4-10(9)11(12-2)13-8/h6H,4-5,7H2,1-3H3,(H,12,13). The number of aromatic nitrogens is 1. The number of nitrogens with zero attached hydrogens (tertiary/aromatic N) is 2. The second kappa shape index (κ2) is 3.58. The van der Waals surface area contributed by atoms with Gasteiger partial charge in [-0.15, -0.1) is 0 Å². The lowest BCUT2D eigenvalue weighted by Crippen LogP contribution is -2.27. The van der Waals surface area contributed by atoms with Crippen LogP contribution >= 0.6 is 0 Å². The van der Waals surface area contributed by atoms with Gasteiger partial charge >= 0.3 is 0 Å². The molecule has 0 saturated heterocycles. The predicted octanol–water partition coefficient (Wildman–Crippen LogP) is 1.42. The second-order valence-corrected chi connectivity index (χ2v) is 3.99. The van der Waals surface area contributed by atoms with Gasteiger partial charge in [0.2, 0.25) is 0 Å². The minimum Gasteiger partial charge on any atom is -0.373 e. The minimum atomic E-state index is 1.05. The maximum absolute atomic E-state index is 4.50. The summed E-state index contributed by atoms with van der Waals surface area (Å²) in [7, 11) is 4.11. The maximum atomic E-state index is 4.50. The van der Waals surface area contributed by atoms with E-state index < -0.39 is 0 Å². The topological polar surface area (TPSA) is 28.2 Å². The van der Waals surface area contributed by atoms with Crippen LogP contribution in [0.25, 0.3) is 0 Å². The molecule has 1 aromatic heterocycles.